The lowest BCUT2D eigenvalue weighted by Crippen LogP contribution is -2.11. The summed E-state index contributed by atoms with van der Waals surface area (Å²) >= 11 is 1.59. The molecular formula is C25H26F2S. The summed E-state index contributed by atoms with van der Waals surface area (Å²) < 4.78 is 29.7. The Hall–Kier alpha value is -2.00. The van der Waals surface area contributed by atoms with E-state index in [-0.39, 0.29) is 0 Å². The Morgan fingerprint density at radius 3 is 2.25 bits per heavy atom. The highest BCUT2D eigenvalue weighted by Gasteiger charge is 2.19. The Morgan fingerprint density at radius 1 is 0.857 bits per heavy atom. The molecule has 4 rings (SSSR count). The van der Waals surface area contributed by atoms with Crippen LogP contribution >= 0.6 is 11.3 Å². The summed E-state index contributed by atoms with van der Waals surface area (Å²) in [4.78, 5) is 2.07. The topological polar surface area (TPSA) is 0 Å². The second-order valence-electron chi connectivity index (χ2n) is 7.84. The van der Waals surface area contributed by atoms with Crippen molar-refractivity contribution in [3.8, 4) is 21.6 Å². The van der Waals surface area contributed by atoms with Gasteiger partial charge in [-0.3, -0.25) is 0 Å². The van der Waals surface area contributed by atoms with Crippen molar-refractivity contribution in [2.24, 2.45) is 5.92 Å². The molecule has 3 aromatic rings. The van der Waals surface area contributed by atoms with Gasteiger partial charge in [0.05, 0.1) is 0 Å². The first-order valence-corrected chi connectivity index (χ1v) is 11.1. The van der Waals surface area contributed by atoms with Gasteiger partial charge in [0, 0.05) is 20.9 Å². The molecule has 0 unspecified atom stereocenters. The van der Waals surface area contributed by atoms with Crippen LogP contribution in [0.1, 0.15) is 49.5 Å². The summed E-state index contributed by atoms with van der Waals surface area (Å²) in [7, 11) is 0. The van der Waals surface area contributed by atoms with Crippen LogP contribution in [0.4, 0.5) is 8.78 Å². The van der Waals surface area contributed by atoms with E-state index in [4.69, 9.17) is 0 Å². The van der Waals surface area contributed by atoms with E-state index in [1.807, 2.05) is 30.3 Å². The average molecular weight is 397 g/mol. The predicted octanol–water partition coefficient (Wildman–Crippen LogP) is 8.05. The quantitative estimate of drug-likeness (QED) is 0.379. The fourth-order valence-electron chi connectivity index (χ4n) is 3.89. The molecule has 0 atom stereocenters. The first-order chi connectivity index (χ1) is 13.7. The number of thiophene rings is 1. The highest BCUT2D eigenvalue weighted by molar-refractivity contribution is 7.15. The zero-order valence-corrected chi connectivity index (χ0v) is 17.1. The van der Waals surface area contributed by atoms with Crippen LogP contribution in [0, 0.1) is 17.6 Å². The Morgan fingerprint density at radius 2 is 1.57 bits per heavy atom. The summed E-state index contributed by atoms with van der Waals surface area (Å²) in [5.74, 6) is -0.643. The van der Waals surface area contributed by atoms with Crippen LogP contribution in [-0.2, 0) is 12.8 Å². The molecule has 0 saturated heterocycles. The van der Waals surface area contributed by atoms with Gasteiger partial charge in [-0.1, -0.05) is 62.9 Å². The Balaban J connectivity index is 1.54. The van der Waals surface area contributed by atoms with E-state index in [0.717, 1.165) is 35.6 Å². The third-order valence-electron chi connectivity index (χ3n) is 5.84. The lowest BCUT2D eigenvalue weighted by molar-refractivity contribution is 0.297. The van der Waals surface area contributed by atoms with Crippen molar-refractivity contribution in [2.75, 3.05) is 0 Å². The zero-order valence-electron chi connectivity index (χ0n) is 16.3. The van der Waals surface area contributed by atoms with Crippen molar-refractivity contribution in [2.45, 2.75) is 51.9 Å². The SMILES string of the molecule is CCCc1ccc(-c2ccc(-c3ccc(CCC4CCC4)s3)c(F)c2F)cc1. The van der Waals surface area contributed by atoms with Gasteiger partial charge in [0.25, 0.3) is 0 Å². The minimum Gasteiger partial charge on any atom is -0.203 e. The number of rotatable bonds is 7. The largest absolute Gasteiger partial charge is 0.203 e. The fraction of sp³-hybridized carbons (Fsp3) is 0.360. The van der Waals surface area contributed by atoms with Crippen LogP contribution in [0.3, 0.4) is 0 Å². The molecule has 0 amide bonds. The molecule has 1 aliphatic carbocycles. The van der Waals surface area contributed by atoms with Gasteiger partial charge in [-0.25, -0.2) is 8.78 Å². The number of benzene rings is 2. The zero-order chi connectivity index (χ0) is 19.5. The van der Waals surface area contributed by atoms with Gasteiger partial charge in [0.15, 0.2) is 11.6 Å². The van der Waals surface area contributed by atoms with E-state index in [0.29, 0.717) is 11.1 Å². The van der Waals surface area contributed by atoms with Crippen molar-refractivity contribution in [3.63, 3.8) is 0 Å². The highest BCUT2D eigenvalue weighted by atomic mass is 32.1. The smallest absolute Gasteiger partial charge is 0.168 e. The molecule has 0 radical (unpaired) electrons. The molecule has 1 aromatic heterocycles. The van der Waals surface area contributed by atoms with Crippen molar-refractivity contribution < 1.29 is 8.78 Å². The molecule has 0 bridgehead atoms. The second-order valence-corrected chi connectivity index (χ2v) is 9.01. The molecule has 146 valence electrons. The number of halogens is 2. The van der Waals surface area contributed by atoms with Crippen LogP contribution in [0.2, 0.25) is 0 Å². The van der Waals surface area contributed by atoms with E-state index in [1.165, 1.54) is 36.1 Å². The molecule has 2 aromatic carbocycles. The van der Waals surface area contributed by atoms with E-state index in [1.54, 1.807) is 23.5 Å². The maximum Gasteiger partial charge on any atom is 0.168 e. The first-order valence-electron chi connectivity index (χ1n) is 10.3. The average Bonchev–Trinajstić information content (AvgIpc) is 3.12. The Kier molecular flexibility index (Phi) is 5.91. The summed E-state index contributed by atoms with van der Waals surface area (Å²) in [6.07, 6.45) is 8.37. The van der Waals surface area contributed by atoms with E-state index < -0.39 is 11.6 Å². The van der Waals surface area contributed by atoms with Gasteiger partial charge in [-0.05, 0) is 54.5 Å². The molecule has 28 heavy (non-hydrogen) atoms. The summed E-state index contributed by atoms with van der Waals surface area (Å²) in [6.45, 7) is 2.13. The van der Waals surface area contributed by atoms with Crippen LogP contribution in [0.25, 0.3) is 21.6 Å². The van der Waals surface area contributed by atoms with Crippen molar-refractivity contribution in [3.05, 3.63) is 70.6 Å². The lowest BCUT2D eigenvalue weighted by Gasteiger charge is -2.24. The molecule has 1 fully saturated rings. The minimum absolute atomic E-state index is 0.325. The van der Waals surface area contributed by atoms with Gasteiger partial charge >= 0.3 is 0 Å². The maximum atomic E-state index is 14.9. The predicted molar refractivity (Wildman–Crippen MR) is 115 cm³/mol. The van der Waals surface area contributed by atoms with E-state index >= 15 is 0 Å². The van der Waals surface area contributed by atoms with Gasteiger partial charge in [0.2, 0.25) is 0 Å². The van der Waals surface area contributed by atoms with E-state index in [2.05, 4.69) is 13.0 Å². The van der Waals surface area contributed by atoms with Crippen molar-refractivity contribution in [1.82, 2.24) is 0 Å². The molecule has 3 heteroatoms. The van der Waals surface area contributed by atoms with Crippen LogP contribution in [-0.4, -0.2) is 0 Å². The Bertz CT molecular complexity index is 936. The number of aryl methyl sites for hydroxylation is 2. The molecule has 1 saturated carbocycles. The van der Waals surface area contributed by atoms with Gasteiger partial charge in [0.1, 0.15) is 0 Å². The molecular weight excluding hydrogens is 370 g/mol. The molecule has 0 N–H and O–H groups in total. The number of hydrogen-bond acceptors (Lipinski definition) is 1. The summed E-state index contributed by atoms with van der Waals surface area (Å²) in [6, 6.07) is 15.2. The second kappa shape index (κ2) is 8.57. The standard InChI is InChI=1S/C25H26F2S/c1-2-4-17-7-10-19(11-8-17)21-14-15-22(25(27)24(21)26)23-16-13-20(28-23)12-9-18-5-3-6-18/h7-8,10-11,13-16,18H,2-6,9,12H2,1H3. The van der Waals surface area contributed by atoms with Crippen LogP contribution in [0.5, 0.6) is 0 Å². The lowest BCUT2D eigenvalue weighted by atomic mass is 9.82. The highest BCUT2D eigenvalue weighted by Crippen LogP contribution is 2.36. The van der Waals surface area contributed by atoms with E-state index in [9.17, 15) is 8.78 Å². The van der Waals surface area contributed by atoms with Gasteiger partial charge < -0.3 is 0 Å². The minimum atomic E-state index is -0.759. The fourth-order valence-corrected chi connectivity index (χ4v) is 4.93. The molecule has 0 spiro atoms. The van der Waals surface area contributed by atoms with Crippen LogP contribution in [0.15, 0.2) is 48.5 Å². The van der Waals surface area contributed by atoms with Crippen molar-refractivity contribution in [1.29, 1.82) is 0 Å². The van der Waals surface area contributed by atoms with Gasteiger partial charge in [-0.2, -0.15) is 0 Å². The molecule has 0 aliphatic heterocycles. The normalized spacial score (nSPS) is 14.2. The maximum absolute atomic E-state index is 14.9. The van der Waals surface area contributed by atoms with Crippen LogP contribution < -0.4 is 0 Å². The summed E-state index contributed by atoms with van der Waals surface area (Å²) in [5, 5.41) is 0. The molecule has 1 aliphatic rings. The van der Waals surface area contributed by atoms with Crippen molar-refractivity contribution >= 4 is 11.3 Å². The van der Waals surface area contributed by atoms with Gasteiger partial charge in [-0.15, -0.1) is 11.3 Å². The summed E-state index contributed by atoms with van der Waals surface area (Å²) in [5.41, 5.74) is 2.63. The third kappa shape index (κ3) is 4.05. The molecule has 1 heterocycles. The third-order valence-corrected chi connectivity index (χ3v) is 7.02. The monoisotopic (exact) mass is 396 g/mol. The molecule has 0 nitrogen and oxygen atoms in total. The Labute approximate surface area is 170 Å². The number of hydrogen-bond donors (Lipinski definition) is 0. The first kappa shape index (κ1) is 19.3.